The minimum Gasteiger partial charge on any atom is -0.0856 e. The summed E-state index contributed by atoms with van der Waals surface area (Å²) in [5.74, 6) is 0. The average molecular weight is 152 g/mol. The first-order valence-corrected chi connectivity index (χ1v) is 4.55. The van der Waals surface area contributed by atoms with E-state index in [9.17, 15) is 0 Å². The van der Waals surface area contributed by atoms with Crippen LogP contribution in [-0.2, 0) is 0 Å². The second-order valence-corrected chi connectivity index (χ2v) is 3.00. The Labute approximate surface area is 71.7 Å². The fourth-order valence-corrected chi connectivity index (χ4v) is 0.948. The molecule has 0 aliphatic rings. The van der Waals surface area contributed by atoms with Crippen LogP contribution in [0.5, 0.6) is 0 Å². The van der Waals surface area contributed by atoms with Gasteiger partial charge >= 0.3 is 0 Å². The second kappa shape index (κ2) is 7.84. The first kappa shape index (κ1) is 10.7. The van der Waals surface area contributed by atoms with Crippen molar-refractivity contribution in [2.75, 3.05) is 0 Å². The smallest absolute Gasteiger partial charge is 0.0323 e. The van der Waals surface area contributed by atoms with Gasteiger partial charge in [0.25, 0.3) is 0 Å². The maximum atomic E-state index is 3.82. The summed E-state index contributed by atoms with van der Waals surface area (Å²) in [6.45, 7) is 9.78. The minimum absolute atomic E-state index is 0.954. The van der Waals surface area contributed by atoms with Gasteiger partial charge in [0.05, 0.1) is 0 Å². The molecule has 0 aliphatic carbocycles. The van der Waals surface area contributed by atoms with Crippen LogP contribution in [0, 0.1) is 13.8 Å². The first-order valence-electron chi connectivity index (χ1n) is 4.55. The number of rotatable bonds is 6. The Kier molecular flexibility index (Phi) is 7.66. The Morgan fingerprint density at radius 3 is 2.45 bits per heavy atom. The Morgan fingerprint density at radius 2 is 1.91 bits per heavy atom. The molecule has 0 unspecified atom stereocenters. The Morgan fingerprint density at radius 1 is 1.18 bits per heavy atom. The van der Waals surface area contributed by atoms with Gasteiger partial charge in [-0.3, -0.25) is 0 Å². The molecule has 0 aliphatic heterocycles. The molecule has 0 spiro atoms. The Hall–Kier alpha value is -0.260. The molecule has 0 fully saturated rings. The maximum Gasteiger partial charge on any atom is -0.0323 e. The van der Waals surface area contributed by atoms with Crippen molar-refractivity contribution in [1.82, 2.24) is 0 Å². The van der Waals surface area contributed by atoms with E-state index < -0.39 is 0 Å². The molecule has 0 aromatic carbocycles. The topological polar surface area (TPSA) is 0 Å². The van der Waals surface area contributed by atoms with E-state index in [-0.39, 0.29) is 0 Å². The molecule has 0 N–H and O–H groups in total. The van der Waals surface area contributed by atoms with Crippen LogP contribution in [0.25, 0.3) is 0 Å². The van der Waals surface area contributed by atoms with Crippen LogP contribution in [0.1, 0.15) is 45.4 Å². The first-order chi connectivity index (χ1) is 5.31. The summed E-state index contributed by atoms with van der Waals surface area (Å²) in [7, 11) is 0. The number of hydrogen-bond donors (Lipinski definition) is 0. The molecular weight excluding hydrogens is 132 g/mol. The lowest BCUT2D eigenvalue weighted by atomic mass is 10.1. The molecule has 0 atom stereocenters. The van der Waals surface area contributed by atoms with Crippen LogP contribution in [0.2, 0.25) is 0 Å². The summed E-state index contributed by atoms with van der Waals surface area (Å²) in [5.41, 5.74) is 1.42. The molecule has 0 bridgehead atoms. The van der Waals surface area contributed by atoms with E-state index in [0.29, 0.717) is 0 Å². The fraction of sp³-hybridized carbons (Fsp3) is 0.636. The van der Waals surface area contributed by atoms with Gasteiger partial charge in [-0.05, 0) is 33.1 Å². The third kappa shape index (κ3) is 7.64. The highest BCUT2D eigenvalue weighted by atomic mass is 13.9. The van der Waals surface area contributed by atoms with Gasteiger partial charge in [0.2, 0.25) is 0 Å². The van der Waals surface area contributed by atoms with E-state index >= 15 is 0 Å². The van der Waals surface area contributed by atoms with Crippen molar-refractivity contribution in [3.8, 4) is 0 Å². The van der Waals surface area contributed by atoms with Crippen LogP contribution in [0.15, 0.2) is 11.6 Å². The predicted octanol–water partition coefficient (Wildman–Crippen LogP) is 3.94. The molecule has 0 rings (SSSR count). The zero-order valence-electron chi connectivity index (χ0n) is 7.73. The standard InChI is InChI=1S/C11H20/c1-4-6-7-8-9-10-11(3)5-2/h10H,1-2,4-9H2,3H3. The molecule has 0 aromatic rings. The van der Waals surface area contributed by atoms with Gasteiger partial charge in [0.1, 0.15) is 0 Å². The van der Waals surface area contributed by atoms with Crippen molar-refractivity contribution in [2.45, 2.75) is 45.4 Å². The third-order valence-electron chi connectivity index (χ3n) is 1.84. The fourth-order valence-electron chi connectivity index (χ4n) is 0.948. The highest BCUT2D eigenvalue weighted by Gasteiger charge is 1.86. The molecule has 64 valence electrons. The van der Waals surface area contributed by atoms with Crippen molar-refractivity contribution in [3.05, 3.63) is 25.5 Å². The second-order valence-electron chi connectivity index (χ2n) is 3.00. The summed E-state index contributed by atoms with van der Waals surface area (Å²) < 4.78 is 0. The number of allylic oxidation sites excluding steroid dienone is 2. The lowest BCUT2D eigenvalue weighted by Crippen LogP contribution is -1.76. The summed E-state index contributed by atoms with van der Waals surface area (Å²) in [6, 6.07) is 0. The summed E-state index contributed by atoms with van der Waals surface area (Å²) in [6.07, 6.45) is 9.47. The van der Waals surface area contributed by atoms with Gasteiger partial charge in [0.15, 0.2) is 0 Å². The van der Waals surface area contributed by atoms with E-state index in [1.807, 2.05) is 0 Å². The summed E-state index contributed by atoms with van der Waals surface area (Å²) in [5, 5.41) is 0. The largest absolute Gasteiger partial charge is 0.0856 e. The van der Waals surface area contributed by atoms with Crippen molar-refractivity contribution in [2.24, 2.45) is 0 Å². The lowest BCUT2D eigenvalue weighted by Gasteiger charge is -1.96. The van der Waals surface area contributed by atoms with Crippen LogP contribution in [0.4, 0.5) is 0 Å². The van der Waals surface area contributed by atoms with Gasteiger partial charge < -0.3 is 0 Å². The third-order valence-corrected chi connectivity index (χ3v) is 1.84. The van der Waals surface area contributed by atoms with Gasteiger partial charge in [-0.1, -0.05) is 37.8 Å². The van der Waals surface area contributed by atoms with E-state index in [2.05, 4.69) is 26.8 Å². The zero-order chi connectivity index (χ0) is 8.53. The lowest BCUT2D eigenvalue weighted by molar-refractivity contribution is 0.693. The zero-order valence-corrected chi connectivity index (χ0v) is 7.73. The molecule has 0 saturated carbocycles. The predicted molar refractivity (Wildman–Crippen MR) is 52.2 cm³/mol. The van der Waals surface area contributed by atoms with E-state index in [4.69, 9.17) is 0 Å². The molecule has 0 saturated heterocycles. The highest BCUT2D eigenvalue weighted by molar-refractivity contribution is 4.98. The van der Waals surface area contributed by atoms with Crippen LogP contribution < -0.4 is 0 Å². The Balaban J connectivity index is 3.12. The molecule has 0 amide bonds. The highest BCUT2D eigenvalue weighted by Crippen LogP contribution is 2.06. The SMILES string of the molecule is [CH2]CCCCCC=C(C)C[CH2]. The van der Waals surface area contributed by atoms with E-state index in [0.717, 1.165) is 12.8 Å². The van der Waals surface area contributed by atoms with Gasteiger partial charge in [0, 0.05) is 0 Å². The van der Waals surface area contributed by atoms with Crippen LogP contribution in [-0.4, -0.2) is 0 Å². The van der Waals surface area contributed by atoms with Gasteiger partial charge in [-0.2, -0.15) is 0 Å². The van der Waals surface area contributed by atoms with E-state index in [1.165, 1.54) is 31.3 Å². The molecule has 0 nitrogen and oxygen atoms in total. The van der Waals surface area contributed by atoms with Crippen LogP contribution in [0.3, 0.4) is 0 Å². The summed E-state index contributed by atoms with van der Waals surface area (Å²) in [4.78, 5) is 0. The van der Waals surface area contributed by atoms with Crippen molar-refractivity contribution in [3.63, 3.8) is 0 Å². The number of unbranched alkanes of at least 4 members (excludes halogenated alkanes) is 4. The van der Waals surface area contributed by atoms with Crippen molar-refractivity contribution >= 4 is 0 Å². The normalized spacial score (nSPS) is 12.1. The molecule has 0 heterocycles. The summed E-state index contributed by atoms with van der Waals surface area (Å²) >= 11 is 0. The maximum absolute atomic E-state index is 3.82. The monoisotopic (exact) mass is 152 g/mol. The Bertz CT molecular complexity index is 101. The van der Waals surface area contributed by atoms with Gasteiger partial charge in [-0.25, -0.2) is 0 Å². The number of hydrogen-bond acceptors (Lipinski definition) is 0. The molecule has 2 radical (unpaired) electrons. The molecule has 0 aromatic heterocycles. The van der Waals surface area contributed by atoms with Crippen molar-refractivity contribution in [1.29, 1.82) is 0 Å². The van der Waals surface area contributed by atoms with Gasteiger partial charge in [-0.15, -0.1) is 0 Å². The van der Waals surface area contributed by atoms with Crippen LogP contribution >= 0.6 is 0 Å². The molecule has 11 heavy (non-hydrogen) atoms. The molecular formula is C11H20. The van der Waals surface area contributed by atoms with Crippen molar-refractivity contribution < 1.29 is 0 Å². The average Bonchev–Trinajstić information content (AvgIpc) is 2.04. The minimum atomic E-state index is 0.954. The molecule has 0 heteroatoms. The van der Waals surface area contributed by atoms with E-state index in [1.54, 1.807) is 0 Å². The quantitative estimate of drug-likeness (QED) is 0.399.